The number of hydrogen-bond donors (Lipinski definition) is 3. The monoisotopic (exact) mass is 395 g/mol. The predicted molar refractivity (Wildman–Crippen MR) is 88.3 cm³/mol. The first kappa shape index (κ1) is 21.8. The van der Waals surface area contributed by atoms with Gasteiger partial charge >= 0.3 is 11.9 Å². The molecule has 2 aromatic rings. The molecule has 0 aliphatic heterocycles. The third kappa shape index (κ3) is 5.66. The lowest BCUT2D eigenvalue weighted by Gasteiger charge is -2.15. The van der Waals surface area contributed by atoms with Crippen LogP contribution >= 0.6 is 11.6 Å². The first-order valence-corrected chi connectivity index (χ1v) is 7.52. The topological polar surface area (TPSA) is 115 Å². The minimum atomic E-state index is -4.89. The molecule has 144 valence electrons. The number of nitrogens with one attached hydrogen (secondary N) is 1. The largest absolute Gasteiger partial charge is 0.416 e. The Morgan fingerprint density at radius 1 is 1.38 bits per heavy atom. The molecular weight excluding hydrogens is 379 g/mol. The number of aliphatic hydroxyl groups is 1. The number of halogens is 4. The van der Waals surface area contributed by atoms with Crippen LogP contribution < -0.4 is 17.0 Å². The maximum absolute atomic E-state index is 12.5. The van der Waals surface area contributed by atoms with Crippen LogP contribution in [0.3, 0.4) is 0 Å². The summed E-state index contributed by atoms with van der Waals surface area (Å²) in [6.07, 6.45) is -7.23. The van der Waals surface area contributed by atoms with E-state index in [4.69, 9.17) is 11.6 Å². The van der Waals surface area contributed by atoms with E-state index in [1.54, 1.807) is 7.05 Å². The number of hydrazine groups is 1. The summed E-state index contributed by atoms with van der Waals surface area (Å²) in [6, 6.07) is 5.88. The minimum absolute atomic E-state index is 0.100. The van der Waals surface area contributed by atoms with Crippen LogP contribution in [-0.4, -0.2) is 45.1 Å². The van der Waals surface area contributed by atoms with E-state index in [0.29, 0.717) is 21.4 Å². The third-order valence-corrected chi connectivity index (χ3v) is 3.26. The number of alkyl halides is 3. The number of nitrogens with two attached hydrogens (primary N) is 1. The molecule has 1 atom stereocenters. The van der Waals surface area contributed by atoms with Gasteiger partial charge in [0.05, 0.1) is 6.54 Å². The Balaban J connectivity index is 0.00000105. The number of nitrogens with zero attached hydrogens (tertiary/aromatic N) is 3. The second-order valence-electron chi connectivity index (χ2n) is 4.92. The van der Waals surface area contributed by atoms with Gasteiger partial charge in [-0.25, -0.2) is 9.48 Å². The van der Waals surface area contributed by atoms with Crippen molar-refractivity contribution in [1.29, 1.82) is 0 Å². The quantitative estimate of drug-likeness (QED) is 0.387. The molecule has 0 radical (unpaired) electrons. The van der Waals surface area contributed by atoms with Gasteiger partial charge in [0.1, 0.15) is 12.8 Å². The Morgan fingerprint density at radius 2 is 1.92 bits per heavy atom. The van der Waals surface area contributed by atoms with Gasteiger partial charge in [0.15, 0.2) is 11.9 Å². The van der Waals surface area contributed by atoms with Crippen molar-refractivity contribution in [3.8, 4) is 11.4 Å². The highest BCUT2D eigenvalue weighted by Gasteiger charge is 2.39. The van der Waals surface area contributed by atoms with E-state index in [1.807, 2.05) is 0 Å². The zero-order valence-electron chi connectivity index (χ0n) is 13.6. The van der Waals surface area contributed by atoms with Gasteiger partial charge in [-0.3, -0.25) is 15.8 Å². The molecule has 26 heavy (non-hydrogen) atoms. The molecule has 0 saturated heterocycles. The van der Waals surface area contributed by atoms with E-state index in [0.717, 1.165) is 4.68 Å². The van der Waals surface area contributed by atoms with Gasteiger partial charge in [0, 0.05) is 10.6 Å². The second-order valence-corrected chi connectivity index (χ2v) is 5.35. The third-order valence-electron chi connectivity index (χ3n) is 3.01. The number of carbonyl (C=O) groups is 1. The van der Waals surface area contributed by atoms with Crippen LogP contribution in [-0.2, 0) is 17.9 Å². The Bertz CT molecular complexity index is 774. The molecule has 1 aromatic carbocycles. The Kier molecular flexibility index (Phi) is 7.96. The Morgan fingerprint density at radius 3 is 2.38 bits per heavy atom. The van der Waals surface area contributed by atoms with Crippen molar-refractivity contribution in [2.24, 2.45) is 5.84 Å². The Labute approximate surface area is 150 Å². The first-order valence-electron chi connectivity index (χ1n) is 7.15. The normalized spacial score (nSPS) is 12.3. The summed E-state index contributed by atoms with van der Waals surface area (Å²) in [5.41, 5.74) is 1.65. The van der Waals surface area contributed by atoms with Crippen molar-refractivity contribution < 1.29 is 23.1 Å². The molecule has 0 spiro atoms. The zero-order chi connectivity index (χ0) is 19.9. The number of benzene rings is 1. The van der Waals surface area contributed by atoms with E-state index in [1.165, 1.54) is 24.3 Å². The van der Waals surface area contributed by atoms with Crippen LogP contribution in [0.5, 0.6) is 0 Å². The maximum atomic E-state index is 12.5. The summed E-state index contributed by atoms with van der Waals surface area (Å²) in [7, 11) is 1.65. The molecule has 12 heteroatoms. The van der Waals surface area contributed by atoms with Crippen LogP contribution in [0.1, 0.15) is 0 Å². The molecule has 0 aliphatic carbocycles. The van der Waals surface area contributed by atoms with Gasteiger partial charge in [0.2, 0.25) is 0 Å². The summed E-state index contributed by atoms with van der Waals surface area (Å²) in [5, 5.41) is 13.4. The SMILES string of the molecule is CNN.O=CCn1nc(-c2ccc(Cl)cc2)n(CC(O)C(F)(F)F)c1=O. The van der Waals surface area contributed by atoms with Gasteiger partial charge < -0.3 is 9.90 Å². The van der Waals surface area contributed by atoms with Gasteiger partial charge in [0.25, 0.3) is 0 Å². The van der Waals surface area contributed by atoms with Crippen LogP contribution in [0.4, 0.5) is 13.2 Å². The van der Waals surface area contributed by atoms with Crippen molar-refractivity contribution >= 4 is 17.9 Å². The predicted octanol–water partition coefficient (Wildman–Crippen LogP) is 0.567. The van der Waals surface area contributed by atoms with Crippen LogP contribution in [0.2, 0.25) is 5.02 Å². The summed E-state index contributed by atoms with van der Waals surface area (Å²) < 4.78 is 39.0. The van der Waals surface area contributed by atoms with Gasteiger partial charge in [-0.05, 0) is 31.3 Å². The second kappa shape index (κ2) is 9.48. The molecule has 4 N–H and O–H groups in total. The molecule has 1 heterocycles. The van der Waals surface area contributed by atoms with E-state index in [9.17, 15) is 27.9 Å². The first-order chi connectivity index (χ1) is 12.1. The maximum Gasteiger partial charge on any atom is 0.416 e. The average Bonchev–Trinajstić information content (AvgIpc) is 2.85. The molecule has 0 amide bonds. The summed E-state index contributed by atoms with van der Waals surface area (Å²) >= 11 is 5.74. The number of aldehydes is 1. The lowest BCUT2D eigenvalue weighted by atomic mass is 10.2. The lowest BCUT2D eigenvalue weighted by molar-refractivity contribution is -0.207. The number of rotatable bonds is 5. The van der Waals surface area contributed by atoms with Crippen molar-refractivity contribution in [3.63, 3.8) is 0 Å². The van der Waals surface area contributed by atoms with E-state index in [-0.39, 0.29) is 5.82 Å². The molecular formula is C14H17ClF3N5O3. The van der Waals surface area contributed by atoms with E-state index in [2.05, 4.69) is 16.4 Å². The molecule has 1 aromatic heterocycles. The lowest BCUT2D eigenvalue weighted by Crippen LogP contribution is -2.37. The van der Waals surface area contributed by atoms with Crippen molar-refractivity contribution in [3.05, 3.63) is 39.8 Å². The number of aromatic nitrogens is 3. The molecule has 8 nitrogen and oxygen atoms in total. The molecule has 0 fully saturated rings. The minimum Gasteiger partial charge on any atom is -0.382 e. The molecule has 2 rings (SSSR count). The molecule has 0 bridgehead atoms. The number of carbonyl (C=O) groups excluding carboxylic acids is 1. The van der Waals surface area contributed by atoms with Gasteiger partial charge in [-0.1, -0.05) is 11.6 Å². The highest BCUT2D eigenvalue weighted by molar-refractivity contribution is 6.30. The highest BCUT2D eigenvalue weighted by Crippen LogP contribution is 2.23. The summed E-state index contributed by atoms with van der Waals surface area (Å²) in [4.78, 5) is 22.6. The fourth-order valence-corrected chi connectivity index (χ4v) is 2.01. The van der Waals surface area contributed by atoms with E-state index < -0.39 is 31.1 Å². The zero-order valence-corrected chi connectivity index (χ0v) is 14.3. The van der Waals surface area contributed by atoms with E-state index >= 15 is 0 Å². The summed E-state index contributed by atoms with van der Waals surface area (Å²) in [6.45, 7) is -1.44. The van der Waals surface area contributed by atoms with Crippen LogP contribution in [0.25, 0.3) is 11.4 Å². The van der Waals surface area contributed by atoms with Crippen LogP contribution in [0, 0.1) is 0 Å². The van der Waals surface area contributed by atoms with Crippen molar-refractivity contribution in [2.45, 2.75) is 25.4 Å². The number of aliphatic hydroxyl groups excluding tert-OH is 1. The molecule has 0 saturated carbocycles. The van der Waals surface area contributed by atoms with Crippen molar-refractivity contribution in [1.82, 2.24) is 19.8 Å². The van der Waals surface area contributed by atoms with Crippen LogP contribution in [0.15, 0.2) is 29.1 Å². The molecule has 0 aliphatic rings. The highest BCUT2D eigenvalue weighted by atomic mass is 35.5. The average molecular weight is 396 g/mol. The van der Waals surface area contributed by atoms with Crippen molar-refractivity contribution in [2.75, 3.05) is 7.05 Å². The van der Waals surface area contributed by atoms with Gasteiger partial charge in [-0.15, -0.1) is 5.10 Å². The van der Waals surface area contributed by atoms with Gasteiger partial charge in [-0.2, -0.15) is 13.2 Å². The fraction of sp³-hybridized carbons (Fsp3) is 0.357. The number of hydrogen-bond acceptors (Lipinski definition) is 6. The smallest absolute Gasteiger partial charge is 0.382 e. The standard InChI is InChI=1S/C13H11ClF3N3O3.CH6N2/c14-9-3-1-8(2-4-9)11-18-20(5-6-21)12(23)19(11)7-10(22)13(15,16)17;1-3-2/h1-4,6,10,22H,5,7H2;3H,2H2,1H3. The summed E-state index contributed by atoms with van der Waals surface area (Å²) in [5.74, 6) is 4.50. The molecule has 1 unspecified atom stereocenters. The fourth-order valence-electron chi connectivity index (χ4n) is 1.88. The Hall–Kier alpha value is -2.21.